The number of pyridine rings is 1. The largest absolute Gasteiger partial charge is 0.338 e. The normalized spacial score (nSPS) is 27.1. The van der Waals surface area contributed by atoms with E-state index in [1.165, 1.54) is 0 Å². The third kappa shape index (κ3) is 2.20. The van der Waals surface area contributed by atoms with Crippen LogP contribution >= 0.6 is 0 Å². The van der Waals surface area contributed by atoms with Crippen molar-refractivity contribution < 1.29 is 4.79 Å². The Kier molecular flexibility index (Phi) is 3.18. The second kappa shape index (κ2) is 5.21. The zero-order chi connectivity index (χ0) is 15.1. The summed E-state index contributed by atoms with van der Waals surface area (Å²) in [6.45, 7) is 1.62. The Labute approximate surface area is 129 Å². The van der Waals surface area contributed by atoms with Crippen LogP contribution in [0.25, 0.3) is 5.82 Å². The summed E-state index contributed by atoms with van der Waals surface area (Å²) in [6.07, 6.45) is 9.10. The van der Waals surface area contributed by atoms with Crippen molar-refractivity contribution in [2.75, 3.05) is 13.1 Å². The summed E-state index contributed by atoms with van der Waals surface area (Å²) < 4.78 is 1.80. The summed E-state index contributed by atoms with van der Waals surface area (Å²) in [6, 6.07) is 3.84. The first kappa shape index (κ1) is 13.5. The van der Waals surface area contributed by atoms with E-state index < -0.39 is 0 Å². The number of fused-ring (bicyclic) bond motifs is 1. The number of hydrogen-bond donors (Lipinski definition) is 1. The van der Waals surface area contributed by atoms with E-state index in [4.69, 9.17) is 5.73 Å². The van der Waals surface area contributed by atoms with Crippen LogP contribution in [-0.2, 0) is 0 Å². The smallest absolute Gasteiger partial charge is 0.254 e. The maximum absolute atomic E-state index is 12.7. The number of nitrogens with two attached hydrogens (primary N) is 1. The van der Waals surface area contributed by atoms with Gasteiger partial charge in [-0.05, 0) is 36.8 Å². The Morgan fingerprint density at radius 3 is 2.95 bits per heavy atom. The maximum Gasteiger partial charge on any atom is 0.254 e. The third-order valence-electron chi connectivity index (χ3n) is 4.96. The first-order valence-corrected chi connectivity index (χ1v) is 7.71. The van der Waals surface area contributed by atoms with E-state index in [1.54, 1.807) is 29.4 Å². The minimum atomic E-state index is 0.0744. The Morgan fingerprint density at radius 1 is 1.27 bits per heavy atom. The van der Waals surface area contributed by atoms with Crippen LogP contribution in [-0.4, -0.2) is 44.5 Å². The molecule has 2 aliphatic rings. The summed E-state index contributed by atoms with van der Waals surface area (Å²) in [4.78, 5) is 23.0. The molecule has 2 aromatic rings. The number of aromatic nitrogens is 3. The van der Waals surface area contributed by atoms with Gasteiger partial charge in [0.05, 0.1) is 0 Å². The summed E-state index contributed by atoms with van der Waals surface area (Å²) in [7, 11) is 0. The van der Waals surface area contributed by atoms with Gasteiger partial charge in [0, 0.05) is 43.3 Å². The topological polar surface area (TPSA) is 77.0 Å². The molecule has 114 valence electrons. The van der Waals surface area contributed by atoms with Gasteiger partial charge in [-0.15, -0.1) is 0 Å². The molecule has 6 nitrogen and oxygen atoms in total. The Morgan fingerprint density at radius 2 is 2.18 bits per heavy atom. The highest BCUT2D eigenvalue weighted by atomic mass is 16.2. The van der Waals surface area contributed by atoms with Crippen molar-refractivity contribution >= 4 is 5.91 Å². The van der Waals surface area contributed by atoms with Crippen LogP contribution < -0.4 is 5.73 Å². The van der Waals surface area contributed by atoms with Gasteiger partial charge in [-0.3, -0.25) is 9.36 Å². The second-order valence-corrected chi connectivity index (χ2v) is 6.25. The molecular formula is C16H19N5O. The minimum absolute atomic E-state index is 0.0744. The molecule has 22 heavy (non-hydrogen) atoms. The minimum Gasteiger partial charge on any atom is -0.338 e. The summed E-state index contributed by atoms with van der Waals surface area (Å²) in [5.74, 6) is 1.83. The second-order valence-electron chi connectivity index (χ2n) is 6.25. The van der Waals surface area contributed by atoms with Crippen molar-refractivity contribution in [2.24, 2.45) is 17.6 Å². The molecule has 2 aromatic heterocycles. The molecule has 3 unspecified atom stereocenters. The molecule has 3 heterocycles. The van der Waals surface area contributed by atoms with Crippen molar-refractivity contribution in [3.63, 3.8) is 0 Å². The predicted octanol–water partition coefficient (Wildman–Crippen LogP) is 1.08. The van der Waals surface area contributed by atoms with Gasteiger partial charge in [-0.2, -0.15) is 0 Å². The van der Waals surface area contributed by atoms with Crippen LogP contribution in [0.15, 0.2) is 37.1 Å². The SMILES string of the molecule is NC1CCC2CN(C(=O)c3ccnc(-n4ccnc4)c3)CC12. The molecule has 2 N–H and O–H groups in total. The fourth-order valence-corrected chi connectivity index (χ4v) is 3.74. The fourth-order valence-electron chi connectivity index (χ4n) is 3.74. The average molecular weight is 297 g/mol. The van der Waals surface area contributed by atoms with Crippen LogP contribution in [0.1, 0.15) is 23.2 Å². The zero-order valence-electron chi connectivity index (χ0n) is 12.3. The molecule has 2 fully saturated rings. The molecular weight excluding hydrogens is 278 g/mol. The number of carbonyl (C=O) groups excluding carboxylic acids is 1. The van der Waals surface area contributed by atoms with Crippen molar-refractivity contribution in [3.05, 3.63) is 42.6 Å². The van der Waals surface area contributed by atoms with E-state index >= 15 is 0 Å². The van der Waals surface area contributed by atoms with E-state index in [0.29, 0.717) is 23.2 Å². The Hall–Kier alpha value is -2.21. The highest BCUT2D eigenvalue weighted by Crippen LogP contribution is 2.37. The predicted molar refractivity (Wildman–Crippen MR) is 81.5 cm³/mol. The highest BCUT2D eigenvalue weighted by Gasteiger charge is 2.42. The van der Waals surface area contributed by atoms with Gasteiger partial charge in [0.25, 0.3) is 5.91 Å². The van der Waals surface area contributed by atoms with Crippen LogP contribution in [0.4, 0.5) is 0 Å². The highest BCUT2D eigenvalue weighted by molar-refractivity contribution is 5.94. The van der Waals surface area contributed by atoms with E-state index in [2.05, 4.69) is 9.97 Å². The standard InChI is InChI=1S/C16H19N5O/c17-14-2-1-12-8-21(9-13(12)14)16(22)11-3-4-19-15(7-11)20-6-5-18-10-20/h3-7,10,12-14H,1-2,8-9,17H2. The maximum atomic E-state index is 12.7. The van der Waals surface area contributed by atoms with Crippen LogP contribution in [0, 0.1) is 11.8 Å². The van der Waals surface area contributed by atoms with Gasteiger partial charge in [0.2, 0.25) is 0 Å². The fraction of sp³-hybridized carbons (Fsp3) is 0.438. The lowest BCUT2D eigenvalue weighted by atomic mass is 9.98. The van der Waals surface area contributed by atoms with Crippen molar-refractivity contribution in [2.45, 2.75) is 18.9 Å². The quantitative estimate of drug-likeness (QED) is 0.899. The Bertz CT molecular complexity index is 684. The molecule has 1 amide bonds. The van der Waals surface area contributed by atoms with E-state index in [-0.39, 0.29) is 11.9 Å². The van der Waals surface area contributed by atoms with Crippen LogP contribution in [0.2, 0.25) is 0 Å². The molecule has 0 spiro atoms. The third-order valence-corrected chi connectivity index (χ3v) is 4.96. The summed E-state index contributed by atoms with van der Waals surface area (Å²) >= 11 is 0. The average Bonchev–Trinajstić information content (AvgIpc) is 3.25. The van der Waals surface area contributed by atoms with E-state index in [0.717, 1.165) is 25.9 Å². The lowest BCUT2D eigenvalue weighted by Gasteiger charge is -2.19. The molecule has 0 bridgehead atoms. The molecule has 0 aromatic carbocycles. The van der Waals surface area contributed by atoms with Crippen LogP contribution in [0.3, 0.4) is 0 Å². The molecule has 0 radical (unpaired) electrons. The van der Waals surface area contributed by atoms with Gasteiger partial charge >= 0.3 is 0 Å². The summed E-state index contributed by atoms with van der Waals surface area (Å²) in [5.41, 5.74) is 6.82. The molecule has 6 heteroatoms. The number of amides is 1. The van der Waals surface area contributed by atoms with Crippen molar-refractivity contribution in [1.82, 2.24) is 19.4 Å². The number of imidazole rings is 1. The van der Waals surface area contributed by atoms with Gasteiger partial charge in [0.1, 0.15) is 12.1 Å². The summed E-state index contributed by atoms with van der Waals surface area (Å²) in [5, 5.41) is 0. The molecule has 3 atom stereocenters. The molecule has 1 saturated carbocycles. The van der Waals surface area contributed by atoms with Crippen LogP contribution in [0.5, 0.6) is 0 Å². The Balaban J connectivity index is 1.55. The van der Waals surface area contributed by atoms with Crippen molar-refractivity contribution in [3.8, 4) is 5.82 Å². The molecule has 4 rings (SSSR count). The number of likely N-dealkylation sites (tertiary alicyclic amines) is 1. The van der Waals surface area contributed by atoms with Crippen molar-refractivity contribution in [1.29, 1.82) is 0 Å². The number of rotatable bonds is 2. The molecule has 1 aliphatic carbocycles. The van der Waals surface area contributed by atoms with Gasteiger partial charge in [0.15, 0.2) is 0 Å². The number of carbonyl (C=O) groups is 1. The van der Waals surface area contributed by atoms with E-state index in [1.807, 2.05) is 17.2 Å². The lowest BCUT2D eigenvalue weighted by Crippen LogP contribution is -2.33. The van der Waals surface area contributed by atoms with Gasteiger partial charge in [-0.25, -0.2) is 9.97 Å². The zero-order valence-corrected chi connectivity index (χ0v) is 12.3. The van der Waals surface area contributed by atoms with Gasteiger partial charge in [-0.1, -0.05) is 0 Å². The molecule has 1 saturated heterocycles. The molecule has 1 aliphatic heterocycles. The lowest BCUT2D eigenvalue weighted by molar-refractivity contribution is 0.0779. The first-order chi connectivity index (χ1) is 10.7. The first-order valence-electron chi connectivity index (χ1n) is 7.71. The van der Waals surface area contributed by atoms with E-state index in [9.17, 15) is 4.79 Å². The number of nitrogens with zero attached hydrogens (tertiary/aromatic N) is 4. The monoisotopic (exact) mass is 297 g/mol. The number of hydrogen-bond acceptors (Lipinski definition) is 4. The van der Waals surface area contributed by atoms with Gasteiger partial charge < -0.3 is 10.6 Å².